The Balaban J connectivity index is 2.13. The summed E-state index contributed by atoms with van der Waals surface area (Å²) in [5.41, 5.74) is 2.68. The van der Waals surface area contributed by atoms with Crippen LogP contribution < -0.4 is 5.32 Å². The van der Waals surface area contributed by atoms with E-state index in [-0.39, 0.29) is 24.5 Å². The van der Waals surface area contributed by atoms with E-state index < -0.39 is 0 Å². The standard InChI is InChI=1S/C14H23N3O2/c1-9(2)12(8-18)15-14(19)13-10-6-4-3-5-7-11(10)16-17-13/h9,12,18H,3-8H2,1-2H3,(H,15,19)(H,16,17)/t12-/m1/s1. The number of aliphatic hydroxyl groups excluding tert-OH is 1. The fourth-order valence-electron chi connectivity index (χ4n) is 2.51. The van der Waals surface area contributed by atoms with Crippen LogP contribution in [-0.2, 0) is 12.8 Å². The fraction of sp³-hybridized carbons (Fsp3) is 0.714. The first-order valence-electron chi connectivity index (χ1n) is 7.11. The van der Waals surface area contributed by atoms with Crippen molar-refractivity contribution in [1.29, 1.82) is 0 Å². The van der Waals surface area contributed by atoms with Crippen LogP contribution in [0.25, 0.3) is 0 Å². The van der Waals surface area contributed by atoms with E-state index in [4.69, 9.17) is 0 Å². The molecule has 1 aliphatic rings. The highest BCUT2D eigenvalue weighted by Crippen LogP contribution is 2.21. The van der Waals surface area contributed by atoms with Crippen LogP contribution in [0, 0.1) is 5.92 Å². The normalized spacial score (nSPS) is 16.8. The zero-order valence-corrected chi connectivity index (χ0v) is 11.7. The maximum Gasteiger partial charge on any atom is 0.272 e. The molecule has 1 aromatic rings. The highest BCUT2D eigenvalue weighted by atomic mass is 16.3. The predicted molar refractivity (Wildman–Crippen MR) is 73.0 cm³/mol. The van der Waals surface area contributed by atoms with Crippen LogP contribution in [-0.4, -0.2) is 33.9 Å². The van der Waals surface area contributed by atoms with Crippen LogP contribution in [0.5, 0.6) is 0 Å². The molecule has 0 radical (unpaired) electrons. The zero-order valence-electron chi connectivity index (χ0n) is 11.7. The number of amides is 1. The summed E-state index contributed by atoms with van der Waals surface area (Å²) in [6.45, 7) is 3.91. The Bertz CT molecular complexity index is 440. The van der Waals surface area contributed by atoms with Gasteiger partial charge in [-0.1, -0.05) is 20.3 Å². The van der Waals surface area contributed by atoms with Gasteiger partial charge in [-0.2, -0.15) is 5.10 Å². The summed E-state index contributed by atoms with van der Waals surface area (Å²) >= 11 is 0. The second-order valence-electron chi connectivity index (χ2n) is 5.60. The molecule has 0 aliphatic heterocycles. The lowest BCUT2D eigenvalue weighted by molar-refractivity contribution is 0.0890. The average molecular weight is 265 g/mol. The molecule has 0 saturated carbocycles. The lowest BCUT2D eigenvalue weighted by Gasteiger charge is -2.19. The highest BCUT2D eigenvalue weighted by Gasteiger charge is 2.23. The highest BCUT2D eigenvalue weighted by molar-refractivity contribution is 5.94. The van der Waals surface area contributed by atoms with E-state index in [0.717, 1.165) is 36.9 Å². The van der Waals surface area contributed by atoms with Gasteiger partial charge in [0.25, 0.3) is 5.91 Å². The molecule has 1 amide bonds. The number of carbonyl (C=O) groups excluding carboxylic acids is 1. The number of hydrogen-bond donors (Lipinski definition) is 3. The van der Waals surface area contributed by atoms with Crippen molar-refractivity contribution < 1.29 is 9.90 Å². The minimum atomic E-state index is -0.217. The first-order chi connectivity index (χ1) is 9.13. The van der Waals surface area contributed by atoms with Gasteiger partial charge in [0.05, 0.1) is 12.6 Å². The van der Waals surface area contributed by atoms with E-state index in [0.29, 0.717) is 5.69 Å². The smallest absolute Gasteiger partial charge is 0.272 e. The molecule has 0 unspecified atom stereocenters. The van der Waals surface area contributed by atoms with E-state index in [2.05, 4.69) is 15.5 Å². The van der Waals surface area contributed by atoms with E-state index in [1.54, 1.807) is 0 Å². The molecule has 2 rings (SSSR count). The summed E-state index contributed by atoms with van der Waals surface area (Å²) in [6, 6.07) is -0.217. The van der Waals surface area contributed by atoms with E-state index >= 15 is 0 Å². The van der Waals surface area contributed by atoms with Crippen LogP contribution in [0.3, 0.4) is 0 Å². The predicted octanol–water partition coefficient (Wildman–Crippen LogP) is 1.43. The van der Waals surface area contributed by atoms with E-state index in [1.165, 1.54) is 6.42 Å². The van der Waals surface area contributed by atoms with Gasteiger partial charge in [0.2, 0.25) is 0 Å². The largest absolute Gasteiger partial charge is 0.394 e. The fourth-order valence-corrected chi connectivity index (χ4v) is 2.51. The number of aromatic amines is 1. The third kappa shape index (κ3) is 3.15. The number of aryl methyl sites for hydroxylation is 1. The van der Waals surface area contributed by atoms with Gasteiger partial charge in [0.1, 0.15) is 0 Å². The third-order valence-electron chi connectivity index (χ3n) is 3.84. The molecule has 1 heterocycles. The first-order valence-corrected chi connectivity index (χ1v) is 7.11. The van der Waals surface area contributed by atoms with Crippen molar-refractivity contribution in [3.05, 3.63) is 17.0 Å². The average Bonchev–Trinajstić information content (AvgIpc) is 2.64. The second kappa shape index (κ2) is 6.19. The summed E-state index contributed by atoms with van der Waals surface area (Å²) < 4.78 is 0. The number of aromatic nitrogens is 2. The molecule has 0 bridgehead atoms. The number of rotatable bonds is 4. The van der Waals surface area contributed by atoms with Crippen molar-refractivity contribution in [2.45, 2.75) is 52.0 Å². The van der Waals surface area contributed by atoms with Crippen LogP contribution in [0.1, 0.15) is 54.9 Å². The summed E-state index contributed by atoms with van der Waals surface area (Å²) in [4.78, 5) is 12.3. The summed E-state index contributed by atoms with van der Waals surface area (Å²) in [5, 5.41) is 19.3. The molecule has 5 heteroatoms. The molecule has 3 N–H and O–H groups in total. The van der Waals surface area contributed by atoms with Crippen molar-refractivity contribution in [3.63, 3.8) is 0 Å². The first kappa shape index (κ1) is 14.1. The maximum absolute atomic E-state index is 12.3. The van der Waals surface area contributed by atoms with Gasteiger partial charge in [-0.3, -0.25) is 9.89 Å². The lowest BCUT2D eigenvalue weighted by Crippen LogP contribution is -2.41. The molecule has 1 atom stereocenters. The summed E-state index contributed by atoms with van der Waals surface area (Å²) in [6.07, 6.45) is 5.36. The van der Waals surface area contributed by atoms with Crippen LogP contribution in [0.15, 0.2) is 0 Å². The van der Waals surface area contributed by atoms with Crippen LogP contribution in [0.4, 0.5) is 0 Å². The Labute approximate surface area is 113 Å². The lowest BCUT2D eigenvalue weighted by atomic mass is 10.0. The van der Waals surface area contributed by atoms with Gasteiger partial charge < -0.3 is 10.4 Å². The SMILES string of the molecule is CC(C)[C@@H](CO)NC(=O)c1n[nH]c2c1CCCCC2. The molecule has 0 saturated heterocycles. The van der Waals surface area contributed by atoms with Crippen molar-refractivity contribution >= 4 is 5.91 Å². The van der Waals surface area contributed by atoms with E-state index in [1.807, 2.05) is 13.8 Å². The zero-order chi connectivity index (χ0) is 13.8. The van der Waals surface area contributed by atoms with Gasteiger partial charge >= 0.3 is 0 Å². The third-order valence-corrected chi connectivity index (χ3v) is 3.84. The van der Waals surface area contributed by atoms with Crippen molar-refractivity contribution in [3.8, 4) is 0 Å². The van der Waals surface area contributed by atoms with E-state index in [9.17, 15) is 9.90 Å². The maximum atomic E-state index is 12.3. The molecule has 5 nitrogen and oxygen atoms in total. The molecular weight excluding hydrogens is 242 g/mol. The molecule has 1 aliphatic carbocycles. The topological polar surface area (TPSA) is 78.0 Å². The van der Waals surface area contributed by atoms with Gasteiger partial charge in [-0.05, 0) is 31.6 Å². The molecule has 0 fully saturated rings. The molecule has 106 valence electrons. The number of aliphatic hydroxyl groups is 1. The quantitative estimate of drug-likeness (QED) is 0.721. The number of hydrogen-bond acceptors (Lipinski definition) is 3. The Morgan fingerprint density at radius 3 is 2.79 bits per heavy atom. The number of carbonyl (C=O) groups is 1. The number of H-pyrrole nitrogens is 1. The van der Waals surface area contributed by atoms with Crippen LogP contribution >= 0.6 is 0 Å². The Hall–Kier alpha value is -1.36. The summed E-state index contributed by atoms with van der Waals surface area (Å²) in [7, 11) is 0. The number of nitrogens with one attached hydrogen (secondary N) is 2. The molecule has 1 aromatic heterocycles. The number of nitrogens with zero attached hydrogens (tertiary/aromatic N) is 1. The number of fused-ring (bicyclic) bond motifs is 1. The molecular formula is C14H23N3O2. The monoisotopic (exact) mass is 265 g/mol. The molecule has 0 aromatic carbocycles. The van der Waals surface area contributed by atoms with Gasteiger partial charge in [0, 0.05) is 11.3 Å². The molecule has 0 spiro atoms. The van der Waals surface area contributed by atoms with Gasteiger partial charge in [-0.15, -0.1) is 0 Å². The Morgan fingerprint density at radius 2 is 2.11 bits per heavy atom. The van der Waals surface area contributed by atoms with Gasteiger partial charge in [0.15, 0.2) is 5.69 Å². The van der Waals surface area contributed by atoms with Crippen molar-refractivity contribution in [1.82, 2.24) is 15.5 Å². The summed E-state index contributed by atoms with van der Waals surface area (Å²) in [5.74, 6) is 0.0265. The van der Waals surface area contributed by atoms with Crippen molar-refractivity contribution in [2.24, 2.45) is 5.92 Å². The Kier molecular flexibility index (Phi) is 4.58. The molecule has 19 heavy (non-hydrogen) atoms. The van der Waals surface area contributed by atoms with Gasteiger partial charge in [-0.25, -0.2) is 0 Å². The van der Waals surface area contributed by atoms with Crippen LogP contribution in [0.2, 0.25) is 0 Å². The minimum Gasteiger partial charge on any atom is -0.394 e. The minimum absolute atomic E-state index is 0.0456. The Morgan fingerprint density at radius 1 is 1.37 bits per heavy atom. The second-order valence-corrected chi connectivity index (χ2v) is 5.60. The van der Waals surface area contributed by atoms with Crippen molar-refractivity contribution in [2.75, 3.05) is 6.61 Å².